The predicted octanol–water partition coefficient (Wildman–Crippen LogP) is 2.43. The Morgan fingerprint density at radius 3 is 2.73 bits per heavy atom. The van der Waals surface area contributed by atoms with Gasteiger partial charge in [0.25, 0.3) is 0 Å². The number of rotatable bonds is 2. The van der Waals surface area contributed by atoms with Crippen LogP contribution in [0, 0.1) is 0 Å². The Morgan fingerprint density at radius 2 is 2.13 bits per heavy atom. The second-order valence-corrected chi connectivity index (χ2v) is 4.00. The average Bonchev–Trinajstić information content (AvgIpc) is 2.65. The fraction of sp³-hybridized carbons (Fsp3) is 0.700. The van der Waals surface area contributed by atoms with Crippen molar-refractivity contribution in [2.45, 2.75) is 44.1 Å². The lowest BCUT2D eigenvalue weighted by molar-refractivity contribution is -0.0396. The van der Waals surface area contributed by atoms with Gasteiger partial charge in [-0.3, -0.25) is 0 Å². The number of nitrogens with zero attached hydrogens (tertiary/aromatic N) is 1. The molecule has 1 aromatic heterocycles. The first-order valence-electron chi connectivity index (χ1n) is 5.12. The van der Waals surface area contributed by atoms with Gasteiger partial charge in [-0.05, 0) is 12.8 Å². The third-order valence-electron chi connectivity index (χ3n) is 2.95. The maximum atomic E-state index is 12.9. The molecule has 0 atom stereocenters. The summed E-state index contributed by atoms with van der Waals surface area (Å²) in [5, 5.41) is 0. The van der Waals surface area contributed by atoms with Gasteiger partial charge in [0.15, 0.2) is 6.39 Å². The predicted molar refractivity (Wildman–Crippen MR) is 50.6 cm³/mol. The molecule has 2 rings (SSSR count). The minimum atomic E-state index is -2.50. The van der Waals surface area contributed by atoms with E-state index >= 15 is 0 Å². The number of hydrogen-bond donors (Lipinski definition) is 1. The first kappa shape index (κ1) is 10.5. The molecule has 1 aliphatic carbocycles. The lowest BCUT2D eigenvalue weighted by Gasteiger charge is -2.27. The molecule has 1 heterocycles. The van der Waals surface area contributed by atoms with Crippen molar-refractivity contribution in [3.8, 4) is 0 Å². The summed E-state index contributed by atoms with van der Waals surface area (Å²) in [5.74, 6) is -1.74. The van der Waals surface area contributed by atoms with Gasteiger partial charge >= 0.3 is 0 Å². The van der Waals surface area contributed by atoms with Gasteiger partial charge in [0.1, 0.15) is 5.76 Å². The molecule has 1 saturated carbocycles. The molecule has 84 valence electrons. The van der Waals surface area contributed by atoms with E-state index in [2.05, 4.69) is 4.98 Å². The summed E-state index contributed by atoms with van der Waals surface area (Å²) in [6, 6.07) is 0. The van der Waals surface area contributed by atoms with Crippen molar-refractivity contribution in [3.05, 3.63) is 17.8 Å². The van der Waals surface area contributed by atoms with Gasteiger partial charge in [0.05, 0.1) is 5.69 Å². The third-order valence-corrected chi connectivity index (χ3v) is 2.95. The molecule has 2 N–H and O–H groups in total. The van der Waals surface area contributed by atoms with Crippen molar-refractivity contribution in [1.82, 2.24) is 4.98 Å². The SMILES string of the molecule is NCc1ncoc1C1CCC(F)(F)CC1. The van der Waals surface area contributed by atoms with E-state index in [1.807, 2.05) is 0 Å². The zero-order valence-corrected chi connectivity index (χ0v) is 8.38. The summed E-state index contributed by atoms with van der Waals surface area (Å²) >= 11 is 0. The molecule has 1 fully saturated rings. The molecule has 0 saturated heterocycles. The van der Waals surface area contributed by atoms with E-state index in [4.69, 9.17) is 10.2 Å². The topological polar surface area (TPSA) is 52.0 Å². The minimum Gasteiger partial charge on any atom is -0.448 e. The largest absolute Gasteiger partial charge is 0.448 e. The van der Waals surface area contributed by atoms with E-state index in [9.17, 15) is 8.78 Å². The van der Waals surface area contributed by atoms with Crippen LogP contribution in [0.15, 0.2) is 10.8 Å². The van der Waals surface area contributed by atoms with Crippen molar-refractivity contribution >= 4 is 0 Å². The average molecular weight is 216 g/mol. The maximum absolute atomic E-state index is 12.9. The molecule has 0 spiro atoms. The molecular formula is C10H14F2N2O. The van der Waals surface area contributed by atoms with Crippen LogP contribution in [0.25, 0.3) is 0 Å². The maximum Gasteiger partial charge on any atom is 0.248 e. The minimum absolute atomic E-state index is 0.0608. The van der Waals surface area contributed by atoms with Gasteiger partial charge in [-0.2, -0.15) is 0 Å². The molecular weight excluding hydrogens is 202 g/mol. The third kappa shape index (κ3) is 2.17. The van der Waals surface area contributed by atoms with Crippen molar-refractivity contribution in [2.24, 2.45) is 5.73 Å². The Labute approximate surface area is 86.7 Å². The molecule has 1 aliphatic rings. The van der Waals surface area contributed by atoms with Crippen molar-refractivity contribution < 1.29 is 13.2 Å². The van der Waals surface area contributed by atoms with Crippen molar-refractivity contribution in [2.75, 3.05) is 0 Å². The highest BCUT2D eigenvalue weighted by Crippen LogP contribution is 2.41. The lowest BCUT2D eigenvalue weighted by Crippen LogP contribution is -2.24. The van der Waals surface area contributed by atoms with Crippen LogP contribution in [0.1, 0.15) is 43.1 Å². The summed E-state index contributed by atoms with van der Waals surface area (Å²) in [5.41, 5.74) is 6.18. The van der Waals surface area contributed by atoms with Crippen LogP contribution in [0.5, 0.6) is 0 Å². The van der Waals surface area contributed by atoms with Crippen molar-refractivity contribution in [1.29, 1.82) is 0 Å². The molecule has 1 aromatic rings. The highest BCUT2D eigenvalue weighted by atomic mass is 19.3. The van der Waals surface area contributed by atoms with Crippen LogP contribution >= 0.6 is 0 Å². The lowest BCUT2D eigenvalue weighted by atomic mass is 9.84. The van der Waals surface area contributed by atoms with Crippen LogP contribution in [0.2, 0.25) is 0 Å². The molecule has 0 aromatic carbocycles. The van der Waals surface area contributed by atoms with Crippen LogP contribution in [-0.2, 0) is 6.54 Å². The quantitative estimate of drug-likeness (QED) is 0.826. The Kier molecular flexibility index (Phi) is 2.73. The number of halogens is 2. The number of hydrogen-bond acceptors (Lipinski definition) is 3. The van der Waals surface area contributed by atoms with Gasteiger partial charge in [0.2, 0.25) is 5.92 Å². The Balaban J connectivity index is 2.07. The summed E-state index contributed by atoms with van der Waals surface area (Å²) < 4.78 is 31.1. The normalized spacial score (nSPS) is 21.8. The zero-order chi connectivity index (χ0) is 10.9. The Bertz CT molecular complexity index is 328. The van der Waals surface area contributed by atoms with Gasteiger partial charge in [-0.1, -0.05) is 0 Å². The summed E-state index contributed by atoms with van der Waals surface area (Å²) in [6.45, 7) is 0.304. The molecule has 5 heteroatoms. The second-order valence-electron chi connectivity index (χ2n) is 4.00. The molecule has 0 aliphatic heterocycles. The van der Waals surface area contributed by atoms with Gasteiger partial charge in [-0.15, -0.1) is 0 Å². The molecule has 0 radical (unpaired) electrons. The van der Waals surface area contributed by atoms with Gasteiger partial charge in [0, 0.05) is 25.3 Å². The van der Waals surface area contributed by atoms with E-state index in [0.29, 0.717) is 30.8 Å². The highest BCUT2D eigenvalue weighted by molar-refractivity contribution is 5.13. The van der Waals surface area contributed by atoms with Crippen LogP contribution in [0.3, 0.4) is 0 Å². The fourth-order valence-corrected chi connectivity index (χ4v) is 2.07. The molecule has 0 unspecified atom stereocenters. The van der Waals surface area contributed by atoms with E-state index in [1.165, 1.54) is 6.39 Å². The number of alkyl halides is 2. The van der Waals surface area contributed by atoms with E-state index < -0.39 is 5.92 Å². The van der Waals surface area contributed by atoms with E-state index in [0.717, 1.165) is 0 Å². The monoisotopic (exact) mass is 216 g/mol. The summed E-state index contributed by atoms with van der Waals surface area (Å²) in [4.78, 5) is 3.97. The molecule has 0 bridgehead atoms. The van der Waals surface area contributed by atoms with Gasteiger partial charge in [-0.25, -0.2) is 13.8 Å². The van der Waals surface area contributed by atoms with Crippen molar-refractivity contribution in [3.63, 3.8) is 0 Å². The second kappa shape index (κ2) is 3.89. The van der Waals surface area contributed by atoms with Crippen LogP contribution < -0.4 is 5.73 Å². The summed E-state index contributed by atoms with van der Waals surface area (Å²) in [7, 11) is 0. The van der Waals surface area contributed by atoms with E-state index in [1.54, 1.807) is 0 Å². The Morgan fingerprint density at radius 1 is 1.47 bits per heavy atom. The van der Waals surface area contributed by atoms with Crippen LogP contribution in [-0.4, -0.2) is 10.9 Å². The standard InChI is InChI=1S/C10H14F2N2O/c11-10(12)3-1-7(2-4-10)9-8(5-13)14-6-15-9/h6-7H,1-5,13H2. The fourth-order valence-electron chi connectivity index (χ4n) is 2.07. The molecule has 3 nitrogen and oxygen atoms in total. The Hall–Kier alpha value is -0.970. The molecule has 0 amide bonds. The van der Waals surface area contributed by atoms with Crippen LogP contribution in [0.4, 0.5) is 8.78 Å². The van der Waals surface area contributed by atoms with E-state index in [-0.39, 0.29) is 18.8 Å². The highest BCUT2D eigenvalue weighted by Gasteiger charge is 2.37. The molecule has 15 heavy (non-hydrogen) atoms. The number of oxazole rings is 1. The summed E-state index contributed by atoms with van der Waals surface area (Å²) in [6.07, 6.45) is 2.11. The smallest absolute Gasteiger partial charge is 0.248 e. The number of aromatic nitrogens is 1. The first-order chi connectivity index (χ1) is 7.12. The van der Waals surface area contributed by atoms with Gasteiger partial charge < -0.3 is 10.2 Å². The first-order valence-corrected chi connectivity index (χ1v) is 5.12. The zero-order valence-electron chi connectivity index (χ0n) is 8.38. The number of nitrogens with two attached hydrogens (primary N) is 1.